The van der Waals surface area contributed by atoms with Crippen LogP contribution in [0.4, 0.5) is 14.5 Å². The lowest BCUT2D eigenvalue weighted by molar-refractivity contribution is 0.0899. The predicted octanol–water partition coefficient (Wildman–Crippen LogP) is 7.85. The number of thiocarbonyl (C=S) groups is 1. The molecule has 11 heteroatoms. The topological polar surface area (TPSA) is 57.5 Å². The largest absolute Gasteiger partial charge is 0.450 e. The fourth-order valence-electron chi connectivity index (χ4n) is 3.44. The number of benzene rings is 2. The van der Waals surface area contributed by atoms with Crippen LogP contribution in [-0.4, -0.2) is 29.4 Å². The summed E-state index contributed by atoms with van der Waals surface area (Å²) in [5.74, 6) is -1.78. The van der Waals surface area contributed by atoms with E-state index >= 15 is 0 Å². The van der Waals surface area contributed by atoms with Crippen LogP contribution in [0.15, 0.2) is 60.9 Å². The highest BCUT2D eigenvalue weighted by molar-refractivity contribution is 7.80. The number of anilines is 1. The third kappa shape index (κ3) is 7.04. The molecule has 0 aliphatic heterocycles. The van der Waals surface area contributed by atoms with Gasteiger partial charge in [0.15, 0.2) is 17.4 Å². The molecule has 0 saturated heterocycles. The van der Waals surface area contributed by atoms with E-state index in [-0.39, 0.29) is 23.3 Å². The third-order valence-corrected chi connectivity index (χ3v) is 7.49. The Morgan fingerprint density at radius 1 is 1.11 bits per heavy atom. The van der Waals surface area contributed by atoms with Crippen molar-refractivity contribution in [3.8, 4) is 17.2 Å². The zero-order valence-electron chi connectivity index (χ0n) is 20.6. The lowest BCUT2D eigenvalue weighted by atomic mass is 10.2. The molecule has 194 valence electrons. The second-order valence-corrected chi connectivity index (χ2v) is 15.9. The number of fused-ring (bicyclic) bond motifs is 1. The zero-order chi connectivity index (χ0) is 26.6. The molecular formula is C26H26ClF2N3O3SSi. The molecule has 0 atom stereocenters. The van der Waals surface area contributed by atoms with Crippen molar-refractivity contribution in [1.29, 1.82) is 0 Å². The molecule has 0 aliphatic rings. The summed E-state index contributed by atoms with van der Waals surface area (Å²) in [5, 5.41) is 3.36. The van der Waals surface area contributed by atoms with E-state index in [4.69, 9.17) is 38.0 Å². The number of para-hydroxylation sites is 1. The fourth-order valence-corrected chi connectivity index (χ4v) is 4.71. The van der Waals surface area contributed by atoms with Gasteiger partial charge >= 0.3 is 0 Å². The SMILES string of the molecule is C[Si](C)(C)CCOCn1cc(Cl)c2c(Oc3c(F)cc(NC(=S)Oc4ccccc4)cc3F)ccnc21. The summed E-state index contributed by atoms with van der Waals surface area (Å²) in [4.78, 5) is 4.36. The van der Waals surface area contributed by atoms with Crippen LogP contribution in [0.5, 0.6) is 17.2 Å². The molecule has 0 spiro atoms. The van der Waals surface area contributed by atoms with E-state index in [1.165, 1.54) is 12.3 Å². The Bertz CT molecular complexity index is 1390. The van der Waals surface area contributed by atoms with Crippen LogP contribution in [0.3, 0.4) is 0 Å². The van der Waals surface area contributed by atoms with E-state index in [9.17, 15) is 8.78 Å². The maximum Gasteiger partial charge on any atom is 0.266 e. The number of nitrogens with zero attached hydrogens (tertiary/aromatic N) is 2. The third-order valence-electron chi connectivity index (χ3n) is 5.31. The van der Waals surface area contributed by atoms with Crippen molar-refractivity contribution in [2.75, 3.05) is 11.9 Å². The van der Waals surface area contributed by atoms with Gasteiger partial charge in [-0.1, -0.05) is 49.4 Å². The Morgan fingerprint density at radius 3 is 2.49 bits per heavy atom. The molecule has 37 heavy (non-hydrogen) atoms. The van der Waals surface area contributed by atoms with E-state index in [1.807, 2.05) is 6.07 Å². The smallest absolute Gasteiger partial charge is 0.266 e. The molecule has 0 unspecified atom stereocenters. The molecule has 2 aromatic heterocycles. The summed E-state index contributed by atoms with van der Waals surface area (Å²) in [7, 11) is -1.22. The lowest BCUT2D eigenvalue weighted by Crippen LogP contribution is -2.22. The number of hydrogen-bond donors (Lipinski definition) is 1. The highest BCUT2D eigenvalue weighted by atomic mass is 35.5. The molecule has 0 saturated carbocycles. The summed E-state index contributed by atoms with van der Waals surface area (Å²) in [5.41, 5.74) is 0.556. The number of hydrogen-bond acceptors (Lipinski definition) is 5. The average Bonchev–Trinajstić information content (AvgIpc) is 3.15. The normalized spacial score (nSPS) is 11.5. The molecule has 0 bridgehead atoms. The first kappa shape index (κ1) is 27.0. The molecule has 0 radical (unpaired) electrons. The van der Waals surface area contributed by atoms with Gasteiger partial charge < -0.3 is 24.1 Å². The molecule has 4 aromatic rings. The summed E-state index contributed by atoms with van der Waals surface area (Å²) >= 11 is 11.6. The first-order chi connectivity index (χ1) is 17.6. The molecule has 0 fully saturated rings. The van der Waals surface area contributed by atoms with Gasteiger partial charge in [0.1, 0.15) is 23.9 Å². The van der Waals surface area contributed by atoms with Gasteiger partial charge in [-0.2, -0.15) is 0 Å². The average molecular weight is 562 g/mol. The Labute approximate surface area is 225 Å². The molecule has 6 nitrogen and oxygen atoms in total. The van der Waals surface area contributed by atoms with Crippen molar-refractivity contribution in [2.24, 2.45) is 0 Å². The zero-order valence-corrected chi connectivity index (χ0v) is 23.1. The summed E-state index contributed by atoms with van der Waals surface area (Å²) < 4.78 is 48.5. The Balaban J connectivity index is 1.50. The number of nitrogens with one attached hydrogen (secondary N) is 1. The van der Waals surface area contributed by atoms with Gasteiger partial charge in [0, 0.05) is 44.9 Å². The molecule has 2 aromatic carbocycles. The Hall–Kier alpha value is -3.05. The van der Waals surface area contributed by atoms with Gasteiger partial charge in [-0.25, -0.2) is 13.8 Å². The van der Waals surface area contributed by atoms with Crippen molar-refractivity contribution in [1.82, 2.24) is 9.55 Å². The van der Waals surface area contributed by atoms with Crippen molar-refractivity contribution in [3.05, 3.63) is 77.6 Å². The van der Waals surface area contributed by atoms with Crippen molar-refractivity contribution in [3.63, 3.8) is 0 Å². The summed E-state index contributed by atoms with van der Waals surface area (Å²) in [6.07, 6.45) is 3.14. The summed E-state index contributed by atoms with van der Waals surface area (Å²) in [6, 6.07) is 13.5. The van der Waals surface area contributed by atoms with Crippen molar-refractivity contribution >= 4 is 53.8 Å². The van der Waals surface area contributed by atoms with E-state index in [2.05, 4.69) is 29.9 Å². The second kappa shape index (κ2) is 11.6. The van der Waals surface area contributed by atoms with Crippen LogP contribution in [0.25, 0.3) is 11.0 Å². The monoisotopic (exact) mass is 561 g/mol. The van der Waals surface area contributed by atoms with Crippen molar-refractivity contribution in [2.45, 2.75) is 32.4 Å². The van der Waals surface area contributed by atoms with E-state index in [1.54, 1.807) is 35.0 Å². The number of rotatable bonds is 9. The van der Waals surface area contributed by atoms with E-state index in [0.29, 0.717) is 28.4 Å². The summed E-state index contributed by atoms with van der Waals surface area (Å²) in [6.45, 7) is 7.70. The fraction of sp³-hybridized carbons (Fsp3) is 0.231. The van der Waals surface area contributed by atoms with Crippen molar-refractivity contribution < 1.29 is 23.0 Å². The molecule has 0 amide bonds. The van der Waals surface area contributed by atoms with Crippen LogP contribution in [0.1, 0.15) is 0 Å². The minimum Gasteiger partial charge on any atom is -0.450 e. The van der Waals surface area contributed by atoms with Crippen LogP contribution < -0.4 is 14.8 Å². The molecular weight excluding hydrogens is 536 g/mol. The first-order valence-corrected chi connectivity index (χ1v) is 16.0. The van der Waals surface area contributed by atoms with Gasteiger partial charge in [-0.05, 0) is 36.5 Å². The van der Waals surface area contributed by atoms with E-state index < -0.39 is 25.5 Å². The van der Waals surface area contributed by atoms with Crippen LogP contribution in [-0.2, 0) is 11.5 Å². The number of ether oxygens (including phenoxy) is 3. The molecule has 2 heterocycles. The van der Waals surface area contributed by atoms with Gasteiger partial charge in [0.05, 0.1) is 10.4 Å². The number of aromatic nitrogens is 2. The van der Waals surface area contributed by atoms with Crippen LogP contribution in [0.2, 0.25) is 30.7 Å². The Kier molecular flexibility index (Phi) is 8.43. The Morgan fingerprint density at radius 2 is 1.81 bits per heavy atom. The molecule has 1 N–H and O–H groups in total. The molecule has 4 rings (SSSR count). The van der Waals surface area contributed by atoms with E-state index in [0.717, 1.165) is 18.2 Å². The predicted molar refractivity (Wildman–Crippen MR) is 149 cm³/mol. The minimum atomic E-state index is -1.22. The minimum absolute atomic E-state index is 0.0605. The highest BCUT2D eigenvalue weighted by Gasteiger charge is 2.19. The highest BCUT2D eigenvalue weighted by Crippen LogP contribution is 2.37. The molecule has 0 aliphatic carbocycles. The van der Waals surface area contributed by atoms with Gasteiger partial charge in [-0.15, -0.1) is 0 Å². The quantitative estimate of drug-likeness (QED) is 0.128. The van der Waals surface area contributed by atoms with Gasteiger partial charge in [-0.3, -0.25) is 0 Å². The lowest BCUT2D eigenvalue weighted by Gasteiger charge is -2.15. The first-order valence-electron chi connectivity index (χ1n) is 11.5. The van der Waals surface area contributed by atoms with Gasteiger partial charge in [0.2, 0.25) is 0 Å². The standard InChI is InChI=1S/C26H26ClF2N3O3SSi/c1-37(2,3)12-11-33-16-32-15-19(27)23-22(9-10-30-25(23)32)35-24-20(28)13-17(14-21(24)29)31-26(36)34-18-7-5-4-6-8-18/h4-10,13-15H,11-12,16H2,1-3H3,(H,31,36). The number of halogens is 3. The van der Waals surface area contributed by atoms with Gasteiger partial charge in [0.25, 0.3) is 5.17 Å². The maximum atomic E-state index is 14.9. The number of pyridine rings is 1. The maximum absolute atomic E-state index is 14.9. The van der Waals surface area contributed by atoms with Crippen LogP contribution in [0, 0.1) is 11.6 Å². The van der Waals surface area contributed by atoms with Crippen LogP contribution >= 0.6 is 23.8 Å². The second-order valence-electron chi connectivity index (χ2n) is 9.50.